The Balaban J connectivity index is 1.33. The van der Waals surface area contributed by atoms with Crippen LogP contribution in [-0.2, 0) is 11.3 Å². The van der Waals surface area contributed by atoms with E-state index in [2.05, 4.69) is 14.9 Å². The lowest BCUT2D eigenvalue weighted by molar-refractivity contribution is -0.126. The maximum absolute atomic E-state index is 13.1. The van der Waals surface area contributed by atoms with Crippen molar-refractivity contribution < 1.29 is 9.53 Å². The number of imidazole rings is 1. The van der Waals surface area contributed by atoms with Gasteiger partial charge in [-0.2, -0.15) is 0 Å². The van der Waals surface area contributed by atoms with Crippen LogP contribution in [0, 0.1) is 5.41 Å². The number of rotatable bonds is 4. The largest absolute Gasteiger partial charge is 0.380 e. The fourth-order valence-electron chi connectivity index (χ4n) is 4.46. The fourth-order valence-corrected chi connectivity index (χ4v) is 4.46. The van der Waals surface area contributed by atoms with Crippen molar-refractivity contribution in [3.63, 3.8) is 0 Å². The second-order valence-corrected chi connectivity index (χ2v) is 8.30. The zero-order valence-electron chi connectivity index (χ0n) is 16.2. The molecule has 4 aromatic rings. The van der Waals surface area contributed by atoms with E-state index >= 15 is 0 Å². The van der Waals surface area contributed by atoms with Crippen LogP contribution in [0.5, 0.6) is 0 Å². The molecule has 0 amide bonds. The molecule has 150 valence electrons. The zero-order chi connectivity index (χ0) is 20.3. The highest BCUT2D eigenvalue weighted by Gasteiger charge is 2.49. The minimum atomic E-state index is -0.0882. The molecular weight excluding hydrogens is 382 g/mol. The van der Waals surface area contributed by atoms with E-state index in [0.717, 1.165) is 55.0 Å². The summed E-state index contributed by atoms with van der Waals surface area (Å²) in [7, 11) is 0. The zero-order valence-corrected chi connectivity index (χ0v) is 16.2. The Bertz CT molecular complexity index is 1360. The Morgan fingerprint density at radius 1 is 1.10 bits per heavy atom. The predicted octanol–water partition coefficient (Wildman–Crippen LogP) is 1.74. The molecule has 0 N–H and O–H groups in total. The van der Waals surface area contributed by atoms with Crippen LogP contribution in [0.1, 0.15) is 16.1 Å². The lowest BCUT2D eigenvalue weighted by Gasteiger charge is -2.56. The van der Waals surface area contributed by atoms with E-state index in [1.807, 2.05) is 24.7 Å². The third-order valence-electron chi connectivity index (χ3n) is 6.08. The highest BCUT2D eigenvalue weighted by molar-refractivity contribution is 5.93. The first-order valence-electron chi connectivity index (χ1n) is 9.87. The highest BCUT2D eigenvalue weighted by Crippen LogP contribution is 2.41. The first-order valence-corrected chi connectivity index (χ1v) is 9.87. The summed E-state index contributed by atoms with van der Waals surface area (Å²) in [6.45, 7) is 3.88. The number of aromatic nitrogens is 4. The average Bonchev–Trinajstić information content (AvgIpc) is 3.09. The molecular formula is C22H19N5O3. The van der Waals surface area contributed by atoms with E-state index in [9.17, 15) is 9.59 Å². The number of nitrogens with zero attached hydrogens (tertiary/aromatic N) is 5. The van der Waals surface area contributed by atoms with Gasteiger partial charge in [-0.3, -0.25) is 14.6 Å². The van der Waals surface area contributed by atoms with Crippen LogP contribution in [0.15, 0.2) is 54.0 Å². The summed E-state index contributed by atoms with van der Waals surface area (Å²) in [6.07, 6.45) is 9.66. The Hall–Kier alpha value is -3.52. The Morgan fingerprint density at radius 3 is 2.73 bits per heavy atom. The van der Waals surface area contributed by atoms with Crippen LogP contribution < -0.4 is 10.5 Å². The Labute approximate surface area is 171 Å². The van der Waals surface area contributed by atoms with Gasteiger partial charge in [0.2, 0.25) is 0 Å². The van der Waals surface area contributed by atoms with Gasteiger partial charge in [-0.25, -0.2) is 4.98 Å². The molecule has 30 heavy (non-hydrogen) atoms. The maximum atomic E-state index is 13.1. The normalized spacial score (nSPS) is 17.3. The molecule has 0 aliphatic carbocycles. The molecule has 6 rings (SSSR count). The van der Waals surface area contributed by atoms with Crippen LogP contribution in [0.3, 0.4) is 0 Å². The number of hydrogen-bond donors (Lipinski definition) is 0. The van der Waals surface area contributed by atoms with Crippen molar-refractivity contribution in [3.05, 3.63) is 70.8 Å². The minimum Gasteiger partial charge on any atom is -0.380 e. The second kappa shape index (κ2) is 6.24. The number of carbonyl (C=O) groups is 1. The number of anilines is 1. The van der Waals surface area contributed by atoms with Crippen LogP contribution in [0.4, 0.5) is 5.69 Å². The van der Waals surface area contributed by atoms with Gasteiger partial charge >= 0.3 is 0 Å². The van der Waals surface area contributed by atoms with Gasteiger partial charge in [-0.05, 0) is 18.2 Å². The molecule has 8 nitrogen and oxygen atoms in total. The van der Waals surface area contributed by atoms with Crippen molar-refractivity contribution >= 4 is 28.4 Å². The van der Waals surface area contributed by atoms with Gasteiger partial charge in [0.25, 0.3) is 5.56 Å². The lowest BCUT2D eigenvalue weighted by Crippen LogP contribution is -2.66. The SMILES string of the molecule is O=Cc1ccc2nc(Cn3ccc4c(N5CC6(COC6)C5)cncc4c3=O)cn2c1. The van der Waals surface area contributed by atoms with Gasteiger partial charge < -0.3 is 18.6 Å². The third-order valence-corrected chi connectivity index (χ3v) is 6.08. The number of ether oxygens (including phenoxy) is 1. The van der Waals surface area contributed by atoms with Gasteiger partial charge in [-0.15, -0.1) is 0 Å². The number of fused-ring (bicyclic) bond motifs is 2. The number of pyridine rings is 3. The Kier molecular flexibility index (Phi) is 3.61. The topological polar surface area (TPSA) is 81.7 Å². The molecule has 0 bridgehead atoms. The Morgan fingerprint density at radius 2 is 1.97 bits per heavy atom. The van der Waals surface area contributed by atoms with E-state index in [4.69, 9.17) is 4.74 Å². The summed E-state index contributed by atoms with van der Waals surface area (Å²) in [6, 6.07) is 5.50. The monoisotopic (exact) mass is 401 g/mol. The molecule has 0 atom stereocenters. The van der Waals surface area contributed by atoms with E-state index in [-0.39, 0.29) is 5.56 Å². The summed E-state index contributed by atoms with van der Waals surface area (Å²) >= 11 is 0. The fraction of sp³-hybridized carbons (Fsp3) is 0.273. The molecule has 2 aliphatic heterocycles. The summed E-state index contributed by atoms with van der Waals surface area (Å²) in [5.74, 6) is 0. The van der Waals surface area contributed by atoms with Crippen molar-refractivity contribution in [2.75, 3.05) is 31.2 Å². The minimum absolute atomic E-state index is 0.0882. The first-order chi connectivity index (χ1) is 14.6. The van der Waals surface area contributed by atoms with Crippen LogP contribution in [0.2, 0.25) is 0 Å². The number of hydrogen-bond acceptors (Lipinski definition) is 6. The van der Waals surface area contributed by atoms with Crippen molar-refractivity contribution in [2.45, 2.75) is 6.54 Å². The molecule has 1 spiro atoms. The molecule has 0 radical (unpaired) electrons. The summed E-state index contributed by atoms with van der Waals surface area (Å²) in [4.78, 5) is 35.3. The van der Waals surface area contributed by atoms with Gasteiger partial charge in [0.05, 0.1) is 48.1 Å². The molecule has 8 heteroatoms. The standard InChI is InChI=1S/C22H19N5O3/c28-10-15-1-2-20-24-16(9-26(20)7-15)8-25-4-3-17-18(21(25)29)5-23-6-19(17)27-11-22(12-27)13-30-14-22/h1-7,9-10H,8,11-14H2. The van der Waals surface area contributed by atoms with Crippen molar-refractivity contribution in [1.82, 2.24) is 18.9 Å². The molecule has 0 unspecified atom stereocenters. The molecule has 0 aromatic carbocycles. The summed E-state index contributed by atoms with van der Waals surface area (Å²) in [5, 5.41) is 1.53. The highest BCUT2D eigenvalue weighted by atomic mass is 16.5. The molecule has 2 fully saturated rings. The average molecular weight is 401 g/mol. The predicted molar refractivity (Wildman–Crippen MR) is 111 cm³/mol. The van der Waals surface area contributed by atoms with E-state index in [0.29, 0.717) is 22.9 Å². The van der Waals surface area contributed by atoms with Crippen LogP contribution in [0.25, 0.3) is 16.4 Å². The van der Waals surface area contributed by atoms with Gasteiger partial charge in [0.15, 0.2) is 6.29 Å². The van der Waals surface area contributed by atoms with Crippen molar-refractivity contribution in [2.24, 2.45) is 5.41 Å². The first kappa shape index (κ1) is 17.3. The summed E-state index contributed by atoms with van der Waals surface area (Å²) < 4.78 is 8.80. The summed E-state index contributed by atoms with van der Waals surface area (Å²) in [5.41, 5.74) is 3.27. The van der Waals surface area contributed by atoms with Gasteiger partial charge in [-0.1, -0.05) is 0 Å². The number of aldehydes is 1. The quantitative estimate of drug-likeness (QED) is 0.485. The van der Waals surface area contributed by atoms with E-state index in [1.54, 1.807) is 33.5 Å². The molecule has 2 saturated heterocycles. The molecule has 0 saturated carbocycles. The molecule has 2 aliphatic rings. The smallest absolute Gasteiger partial charge is 0.260 e. The van der Waals surface area contributed by atoms with Gasteiger partial charge in [0, 0.05) is 48.8 Å². The molecule has 4 aromatic heterocycles. The van der Waals surface area contributed by atoms with Gasteiger partial charge in [0.1, 0.15) is 5.65 Å². The molecule has 6 heterocycles. The van der Waals surface area contributed by atoms with E-state index < -0.39 is 0 Å². The third kappa shape index (κ3) is 2.57. The van der Waals surface area contributed by atoms with Crippen LogP contribution in [-0.4, -0.2) is 51.5 Å². The second-order valence-electron chi connectivity index (χ2n) is 8.30. The van der Waals surface area contributed by atoms with Crippen molar-refractivity contribution in [3.8, 4) is 0 Å². The maximum Gasteiger partial charge on any atom is 0.260 e. The lowest BCUT2D eigenvalue weighted by atomic mass is 9.77. The number of carbonyl (C=O) groups excluding carboxylic acids is 1. The van der Waals surface area contributed by atoms with Crippen molar-refractivity contribution in [1.29, 1.82) is 0 Å². The van der Waals surface area contributed by atoms with Crippen LogP contribution >= 0.6 is 0 Å². The van der Waals surface area contributed by atoms with E-state index in [1.165, 1.54) is 0 Å².